The summed E-state index contributed by atoms with van der Waals surface area (Å²) in [6, 6.07) is 0.806. The zero-order chi connectivity index (χ0) is 11.9. The average molecular weight is 233 g/mol. The van der Waals surface area contributed by atoms with Crippen LogP contribution in [-0.4, -0.2) is 12.6 Å². The molecule has 2 aliphatic rings. The van der Waals surface area contributed by atoms with Gasteiger partial charge in [0.05, 0.1) is 0 Å². The van der Waals surface area contributed by atoms with Crippen molar-refractivity contribution in [2.45, 2.75) is 70.3 Å². The third-order valence-corrected chi connectivity index (χ3v) is 4.72. The molecule has 2 rings (SSSR count). The number of hydrogen-bond donors (Lipinski definition) is 1. The van der Waals surface area contributed by atoms with Crippen molar-refractivity contribution in [2.75, 3.05) is 6.54 Å². The molecule has 0 aromatic rings. The molecule has 3 unspecified atom stereocenters. The quantitative estimate of drug-likeness (QED) is 0.563. The number of rotatable bonds is 5. The fourth-order valence-electron chi connectivity index (χ4n) is 3.72. The van der Waals surface area contributed by atoms with E-state index in [0.29, 0.717) is 0 Å². The van der Waals surface area contributed by atoms with Crippen LogP contribution in [0.4, 0.5) is 0 Å². The lowest BCUT2D eigenvalue weighted by Gasteiger charge is -2.39. The Morgan fingerprint density at radius 3 is 2.65 bits per heavy atom. The molecule has 1 heteroatoms. The number of terminal acetylenes is 1. The van der Waals surface area contributed by atoms with Crippen LogP contribution in [0.5, 0.6) is 0 Å². The summed E-state index contributed by atoms with van der Waals surface area (Å²) < 4.78 is 0. The summed E-state index contributed by atoms with van der Waals surface area (Å²) in [7, 11) is 0. The molecule has 0 bridgehead atoms. The Labute approximate surface area is 107 Å². The Bertz CT molecular complexity index is 253. The van der Waals surface area contributed by atoms with Crippen molar-refractivity contribution in [1.82, 2.24) is 5.32 Å². The predicted molar refractivity (Wildman–Crippen MR) is 73.8 cm³/mol. The highest BCUT2D eigenvalue weighted by atomic mass is 14.9. The molecule has 0 amide bonds. The Balaban J connectivity index is 1.61. The van der Waals surface area contributed by atoms with Gasteiger partial charge in [0.25, 0.3) is 0 Å². The predicted octanol–water partition coefficient (Wildman–Crippen LogP) is 3.74. The van der Waals surface area contributed by atoms with Gasteiger partial charge >= 0.3 is 0 Å². The monoisotopic (exact) mass is 233 g/mol. The minimum absolute atomic E-state index is 0.806. The van der Waals surface area contributed by atoms with Crippen LogP contribution in [0.1, 0.15) is 64.2 Å². The van der Waals surface area contributed by atoms with Gasteiger partial charge in [0.1, 0.15) is 0 Å². The molecule has 0 spiro atoms. The maximum atomic E-state index is 5.26. The molecule has 0 aromatic heterocycles. The lowest BCUT2D eigenvalue weighted by atomic mass is 9.69. The fourth-order valence-corrected chi connectivity index (χ4v) is 3.72. The van der Waals surface area contributed by atoms with E-state index in [-0.39, 0.29) is 0 Å². The molecule has 0 saturated heterocycles. The molecule has 2 fully saturated rings. The Morgan fingerprint density at radius 1 is 1.00 bits per heavy atom. The standard InChI is InChI=1S/C16H27N/c1-2-3-4-7-12-17-16-11-10-14-8-5-6-9-15(14)13-16/h1,14-17H,3-13H2. The SMILES string of the molecule is C#CCCCCNC1CCC2CCCCC2C1. The molecule has 0 heterocycles. The van der Waals surface area contributed by atoms with E-state index in [9.17, 15) is 0 Å². The molecule has 0 radical (unpaired) electrons. The number of hydrogen-bond acceptors (Lipinski definition) is 1. The van der Waals surface area contributed by atoms with E-state index in [1.54, 1.807) is 0 Å². The molecule has 1 N–H and O–H groups in total. The highest BCUT2D eigenvalue weighted by Gasteiger charge is 2.31. The summed E-state index contributed by atoms with van der Waals surface area (Å²) in [5.41, 5.74) is 0. The van der Waals surface area contributed by atoms with Crippen LogP contribution in [0, 0.1) is 24.2 Å². The van der Waals surface area contributed by atoms with E-state index < -0.39 is 0 Å². The number of fused-ring (bicyclic) bond motifs is 1. The molecular formula is C16H27N. The largest absolute Gasteiger partial charge is 0.314 e. The molecule has 1 nitrogen and oxygen atoms in total. The normalized spacial score (nSPS) is 32.8. The van der Waals surface area contributed by atoms with E-state index in [2.05, 4.69) is 11.2 Å². The highest BCUT2D eigenvalue weighted by Crippen LogP contribution is 2.40. The summed E-state index contributed by atoms with van der Waals surface area (Å²) >= 11 is 0. The van der Waals surface area contributed by atoms with Crippen molar-refractivity contribution < 1.29 is 0 Å². The third-order valence-electron chi connectivity index (χ3n) is 4.72. The van der Waals surface area contributed by atoms with Gasteiger partial charge in [-0.05, 0) is 50.5 Å². The van der Waals surface area contributed by atoms with E-state index in [0.717, 1.165) is 24.3 Å². The minimum Gasteiger partial charge on any atom is -0.314 e. The van der Waals surface area contributed by atoms with Gasteiger partial charge in [-0.2, -0.15) is 0 Å². The molecule has 2 aliphatic carbocycles. The van der Waals surface area contributed by atoms with Gasteiger partial charge in [0, 0.05) is 12.5 Å². The molecule has 17 heavy (non-hydrogen) atoms. The Morgan fingerprint density at radius 2 is 1.82 bits per heavy atom. The van der Waals surface area contributed by atoms with Gasteiger partial charge in [-0.15, -0.1) is 12.3 Å². The maximum Gasteiger partial charge on any atom is 0.00865 e. The molecule has 0 aromatic carbocycles. The molecule has 0 aliphatic heterocycles. The Hall–Kier alpha value is -0.480. The average Bonchev–Trinajstić information content (AvgIpc) is 2.38. The van der Waals surface area contributed by atoms with Crippen molar-refractivity contribution >= 4 is 0 Å². The second-order valence-corrected chi connectivity index (χ2v) is 5.93. The van der Waals surface area contributed by atoms with Gasteiger partial charge in [0.2, 0.25) is 0 Å². The smallest absolute Gasteiger partial charge is 0.00865 e. The molecule has 96 valence electrons. The van der Waals surface area contributed by atoms with Gasteiger partial charge in [0.15, 0.2) is 0 Å². The number of unbranched alkanes of at least 4 members (excludes halogenated alkanes) is 2. The maximum absolute atomic E-state index is 5.26. The second-order valence-electron chi connectivity index (χ2n) is 5.93. The lowest BCUT2D eigenvalue weighted by Crippen LogP contribution is -2.39. The Kier molecular flexibility index (Phi) is 5.39. The van der Waals surface area contributed by atoms with Crippen molar-refractivity contribution in [3.8, 4) is 12.3 Å². The van der Waals surface area contributed by atoms with E-state index in [1.807, 2.05) is 0 Å². The van der Waals surface area contributed by atoms with Gasteiger partial charge in [-0.25, -0.2) is 0 Å². The first-order valence-electron chi connectivity index (χ1n) is 7.57. The van der Waals surface area contributed by atoms with Crippen molar-refractivity contribution in [1.29, 1.82) is 0 Å². The topological polar surface area (TPSA) is 12.0 Å². The van der Waals surface area contributed by atoms with Crippen LogP contribution in [-0.2, 0) is 0 Å². The zero-order valence-electron chi connectivity index (χ0n) is 11.1. The third kappa shape index (κ3) is 4.03. The van der Waals surface area contributed by atoms with Crippen LogP contribution < -0.4 is 5.32 Å². The van der Waals surface area contributed by atoms with E-state index >= 15 is 0 Å². The van der Waals surface area contributed by atoms with Crippen LogP contribution in [0.15, 0.2) is 0 Å². The van der Waals surface area contributed by atoms with Gasteiger partial charge in [-0.1, -0.05) is 25.7 Å². The first kappa shape index (κ1) is 13.0. The zero-order valence-corrected chi connectivity index (χ0v) is 11.1. The van der Waals surface area contributed by atoms with Crippen LogP contribution >= 0.6 is 0 Å². The van der Waals surface area contributed by atoms with Gasteiger partial charge < -0.3 is 5.32 Å². The van der Waals surface area contributed by atoms with Crippen LogP contribution in [0.25, 0.3) is 0 Å². The summed E-state index contributed by atoms with van der Waals surface area (Å²) in [6.07, 6.45) is 18.9. The van der Waals surface area contributed by atoms with Crippen LogP contribution in [0.3, 0.4) is 0 Å². The van der Waals surface area contributed by atoms with Crippen molar-refractivity contribution in [3.63, 3.8) is 0 Å². The summed E-state index contributed by atoms with van der Waals surface area (Å²) in [4.78, 5) is 0. The summed E-state index contributed by atoms with van der Waals surface area (Å²) in [5.74, 6) is 4.83. The van der Waals surface area contributed by atoms with E-state index in [1.165, 1.54) is 64.3 Å². The first-order chi connectivity index (χ1) is 8.40. The van der Waals surface area contributed by atoms with Gasteiger partial charge in [-0.3, -0.25) is 0 Å². The minimum atomic E-state index is 0.806. The number of nitrogens with one attached hydrogen (secondary N) is 1. The fraction of sp³-hybridized carbons (Fsp3) is 0.875. The lowest BCUT2D eigenvalue weighted by molar-refractivity contribution is 0.144. The molecular weight excluding hydrogens is 206 g/mol. The molecule has 2 saturated carbocycles. The summed E-state index contributed by atoms with van der Waals surface area (Å²) in [5, 5.41) is 3.74. The molecule has 3 atom stereocenters. The van der Waals surface area contributed by atoms with Crippen molar-refractivity contribution in [2.24, 2.45) is 11.8 Å². The second kappa shape index (κ2) is 7.07. The summed E-state index contributed by atoms with van der Waals surface area (Å²) in [6.45, 7) is 1.17. The van der Waals surface area contributed by atoms with Crippen molar-refractivity contribution in [3.05, 3.63) is 0 Å². The highest BCUT2D eigenvalue weighted by molar-refractivity contribution is 4.86. The first-order valence-corrected chi connectivity index (χ1v) is 7.57. The van der Waals surface area contributed by atoms with E-state index in [4.69, 9.17) is 6.42 Å². The van der Waals surface area contributed by atoms with Crippen LogP contribution in [0.2, 0.25) is 0 Å².